The maximum Gasteiger partial charge on any atom is 0.282 e. The molecule has 2 saturated heterocycles. The van der Waals surface area contributed by atoms with Crippen LogP contribution in [0.2, 0.25) is 0 Å². The highest BCUT2D eigenvalue weighted by Crippen LogP contribution is 2.23. The Hall–Kier alpha value is -0.260. The predicted octanol–water partition coefficient (Wildman–Crippen LogP) is -0.304. The van der Waals surface area contributed by atoms with Crippen molar-refractivity contribution in [3.63, 3.8) is 0 Å². The molecule has 0 aromatic carbocycles. The molecule has 2 atom stereocenters. The van der Waals surface area contributed by atoms with E-state index in [9.17, 15) is 16.8 Å². The molecule has 0 spiro atoms. The van der Waals surface area contributed by atoms with Crippen molar-refractivity contribution in [2.45, 2.75) is 44.9 Å². The van der Waals surface area contributed by atoms with E-state index in [1.807, 2.05) is 13.8 Å². The Morgan fingerprint density at radius 1 is 0.957 bits per heavy atom. The third kappa shape index (κ3) is 4.43. The quantitative estimate of drug-likeness (QED) is 0.679. The summed E-state index contributed by atoms with van der Waals surface area (Å²) in [5.41, 5.74) is 0. The normalized spacial score (nSPS) is 30.0. The Morgan fingerprint density at radius 2 is 1.43 bits per heavy atom. The van der Waals surface area contributed by atoms with Gasteiger partial charge in [-0.05, 0) is 26.7 Å². The van der Waals surface area contributed by atoms with E-state index in [1.54, 1.807) is 7.05 Å². The number of morpholine rings is 1. The first kappa shape index (κ1) is 19.1. The van der Waals surface area contributed by atoms with Gasteiger partial charge in [-0.15, -0.1) is 0 Å². The van der Waals surface area contributed by atoms with Gasteiger partial charge in [-0.2, -0.15) is 17.0 Å². The molecule has 0 aromatic heterocycles. The van der Waals surface area contributed by atoms with Crippen LogP contribution >= 0.6 is 0 Å². The van der Waals surface area contributed by atoms with Crippen LogP contribution in [0.25, 0.3) is 0 Å². The lowest BCUT2D eigenvalue weighted by atomic mass is 10.1. The van der Waals surface area contributed by atoms with Crippen LogP contribution in [-0.4, -0.2) is 87.5 Å². The molecule has 136 valence electrons. The van der Waals surface area contributed by atoms with Gasteiger partial charge in [0.25, 0.3) is 10.2 Å². The largest absolute Gasteiger partial charge is 0.373 e. The average molecular weight is 370 g/mol. The molecule has 0 unspecified atom stereocenters. The molecule has 2 aliphatic rings. The first-order valence-electron chi connectivity index (χ1n) is 7.85. The number of rotatable bonds is 4. The fraction of sp³-hybridized carbons (Fsp3) is 1.00. The second kappa shape index (κ2) is 6.93. The summed E-state index contributed by atoms with van der Waals surface area (Å²) in [4.78, 5) is 0. The molecule has 0 aliphatic carbocycles. The third-order valence-corrected chi connectivity index (χ3v) is 7.81. The van der Waals surface area contributed by atoms with E-state index < -0.39 is 20.2 Å². The van der Waals surface area contributed by atoms with Gasteiger partial charge < -0.3 is 4.74 Å². The number of hydrogen-bond acceptors (Lipinski definition) is 5. The summed E-state index contributed by atoms with van der Waals surface area (Å²) in [6, 6.07) is -0.140. The van der Waals surface area contributed by atoms with Crippen molar-refractivity contribution in [1.29, 1.82) is 0 Å². The van der Waals surface area contributed by atoms with Crippen LogP contribution in [0.1, 0.15) is 26.7 Å². The molecule has 0 saturated carbocycles. The molecule has 0 bridgehead atoms. The van der Waals surface area contributed by atoms with E-state index in [4.69, 9.17) is 4.74 Å². The first-order valence-corrected chi connectivity index (χ1v) is 11.1. The molecular weight excluding hydrogens is 342 g/mol. The number of hydrogen-bond donors (Lipinski definition) is 0. The van der Waals surface area contributed by atoms with Gasteiger partial charge in [-0.1, -0.05) is 0 Å². The second-order valence-electron chi connectivity index (χ2n) is 6.49. The second-order valence-corrected chi connectivity index (χ2v) is 10.5. The molecular formula is C13H27N3O5S2. The van der Waals surface area contributed by atoms with Crippen molar-refractivity contribution in [2.24, 2.45) is 0 Å². The Morgan fingerprint density at radius 3 is 1.87 bits per heavy atom. The van der Waals surface area contributed by atoms with Crippen LogP contribution in [0.3, 0.4) is 0 Å². The van der Waals surface area contributed by atoms with E-state index in [1.165, 1.54) is 19.2 Å². The summed E-state index contributed by atoms with van der Waals surface area (Å²) < 4.78 is 58.6. The highest BCUT2D eigenvalue weighted by molar-refractivity contribution is 7.88. The van der Waals surface area contributed by atoms with Crippen molar-refractivity contribution in [1.82, 2.24) is 12.9 Å². The van der Waals surface area contributed by atoms with Crippen LogP contribution in [-0.2, 0) is 25.0 Å². The van der Waals surface area contributed by atoms with Gasteiger partial charge in [0.15, 0.2) is 0 Å². The lowest BCUT2D eigenvalue weighted by Gasteiger charge is -2.40. The zero-order chi connectivity index (χ0) is 17.4. The van der Waals surface area contributed by atoms with Gasteiger partial charge >= 0.3 is 0 Å². The maximum atomic E-state index is 12.8. The smallest absolute Gasteiger partial charge is 0.282 e. The molecule has 0 amide bonds. The van der Waals surface area contributed by atoms with E-state index in [0.29, 0.717) is 39.0 Å². The van der Waals surface area contributed by atoms with Crippen molar-refractivity contribution >= 4 is 20.2 Å². The highest BCUT2D eigenvalue weighted by atomic mass is 32.2. The summed E-state index contributed by atoms with van der Waals surface area (Å²) in [6.45, 7) is 5.13. The van der Waals surface area contributed by atoms with Crippen LogP contribution in [0.15, 0.2) is 0 Å². The van der Waals surface area contributed by atoms with E-state index in [-0.39, 0.29) is 18.2 Å². The van der Waals surface area contributed by atoms with Crippen LogP contribution < -0.4 is 0 Å². The Kier molecular flexibility index (Phi) is 5.74. The van der Waals surface area contributed by atoms with Gasteiger partial charge in [0.05, 0.1) is 18.5 Å². The molecule has 8 nitrogen and oxygen atoms in total. The van der Waals surface area contributed by atoms with Gasteiger partial charge in [0, 0.05) is 39.3 Å². The maximum absolute atomic E-state index is 12.8. The lowest BCUT2D eigenvalue weighted by Crippen LogP contribution is -2.55. The molecule has 2 heterocycles. The fourth-order valence-electron chi connectivity index (χ4n) is 3.19. The topological polar surface area (TPSA) is 87.2 Å². The van der Waals surface area contributed by atoms with Gasteiger partial charge in [0.1, 0.15) is 0 Å². The standard InChI is InChI=1S/C13H27N3O5S2/c1-11-9-16(10-12(2)21-11)23(19,20)15-7-5-13(6-8-15)14(3)22(4,17)18/h11-13H,5-10H2,1-4H3/t11-,12-/m0/s1. The number of piperidine rings is 1. The Bertz CT molecular complexity index is 604. The average Bonchev–Trinajstić information content (AvgIpc) is 2.44. The molecule has 2 aliphatic heterocycles. The summed E-state index contributed by atoms with van der Waals surface area (Å²) in [5.74, 6) is 0. The summed E-state index contributed by atoms with van der Waals surface area (Å²) in [6.07, 6.45) is 1.95. The van der Waals surface area contributed by atoms with Gasteiger partial charge in [-0.25, -0.2) is 12.7 Å². The molecule has 0 radical (unpaired) electrons. The zero-order valence-corrected chi connectivity index (χ0v) is 15.8. The van der Waals surface area contributed by atoms with Crippen molar-refractivity contribution in [3.8, 4) is 0 Å². The monoisotopic (exact) mass is 369 g/mol. The third-order valence-electron chi connectivity index (χ3n) is 4.50. The molecule has 10 heteroatoms. The molecule has 2 fully saturated rings. The Balaban J connectivity index is 2.01. The van der Waals surface area contributed by atoms with Gasteiger partial charge in [0.2, 0.25) is 10.0 Å². The van der Waals surface area contributed by atoms with Crippen molar-refractivity contribution in [3.05, 3.63) is 0 Å². The minimum atomic E-state index is -3.52. The molecule has 23 heavy (non-hydrogen) atoms. The van der Waals surface area contributed by atoms with Crippen LogP contribution in [0.5, 0.6) is 0 Å². The number of ether oxygens (including phenoxy) is 1. The predicted molar refractivity (Wildman–Crippen MR) is 87.7 cm³/mol. The fourth-order valence-corrected chi connectivity index (χ4v) is 5.74. The summed E-state index contributed by atoms with van der Waals surface area (Å²) in [5, 5.41) is 0. The van der Waals surface area contributed by atoms with E-state index >= 15 is 0 Å². The first-order chi connectivity index (χ1) is 10.5. The SMILES string of the molecule is C[C@H]1CN(S(=O)(=O)N2CCC(N(C)S(C)(=O)=O)CC2)C[C@H](C)O1. The lowest BCUT2D eigenvalue weighted by molar-refractivity contribution is -0.0456. The summed E-state index contributed by atoms with van der Waals surface area (Å²) in [7, 11) is -5.22. The van der Waals surface area contributed by atoms with Crippen LogP contribution in [0.4, 0.5) is 0 Å². The van der Waals surface area contributed by atoms with Crippen molar-refractivity contribution < 1.29 is 21.6 Å². The molecule has 0 N–H and O–H groups in total. The number of sulfonamides is 1. The van der Waals surface area contributed by atoms with Gasteiger partial charge in [-0.3, -0.25) is 0 Å². The molecule has 0 aromatic rings. The zero-order valence-electron chi connectivity index (χ0n) is 14.2. The Labute approximate surface area is 139 Å². The summed E-state index contributed by atoms with van der Waals surface area (Å²) >= 11 is 0. The van der Waals surface area contributed by atoms with Crippen molar-refractivity contribution in [2.75, 3.05) is 39.5 Å². The highest BCUT2D eigenvalue weighted by Gasteiger charge is 2.38. The molecule has 2 rings (SSSR count). The van der Waals surface area contributed by atoms with E-state index in [0.717, 1.165) is 0 Å². The van der Waals surface area contributed by atoms with Crippen LogP contribution in [0, 0.1) is 0 Å². The minimum Gasteiger partial charge on any atom is -0.373 e. The minimum absolute atomic E-state index is 0.123. The number of nitrogens with zero attached hydrogens (tertiary/aromatic N) is 3. The van der Waals surface area contributed by atoms with E-state index in [2.05, 4.69) is 0 Å².